The Morgan fingerprint density at radius 1 is 1.18 bits per heavy atom. The first-order valence-electron chi connectivity index (χ1n) is 13.0. The number of fused-ring (bicyclic) bond motifs is 1. The molecule has 2 heterocycles. The van der Waals surface area contributed by atoms with Gasteiger partial charge in [0, 0.05) is 30.2 Å². The van der Waals surface area contributed by atoms with Gasteiger partial charge < -0.3 is 20.1 Å². The van der Waals surface area contributed by atoms with Crippen LogP contribution in [0.2, 0.25) is 0 Å². The highest BCUT2D eigenvalue weighted by atomic mass is 19.1. The zero-order valence-electron chi connectivity index (χ0n) is 21.8. The summed E-state index contributed by atoms with van der Waals surface area (Å²) in [6, 6.07) is 12.4. The van der Waals surface area contributed by atoms with Gasteiger partial charge in [-0.3, -0.25) is 14.4 Å². The van der Waals surface area contributed by atoms with Crippen LogP contribution in [0.5, 0.6) is 0 Å². The minimum absolute atomic E-state index is 0.0675. The number of unbranched alkanes of at least 4 members (excludes halogenated alkanes) is 2. The summed E-state index contributed by atoms with van der Waals surface area (Å²) in [5.74, 6) is -2.14. The highest BCUT2D eigenvalue weighted by molar-refractivity contribution is 5.99. The quantitative estimate of drug-likeness (QED) is 0.276. The van der Waals surface area contributed by atoms with Crippen LogP contribution in [0.4, 0.5) is 14.5 Å². The van der Waals surface area contributed by atoms with Crippen molar-refractivity contribution >= 4 is 34.8 Å². The van der Waals surface area contributed by atoms with E-state index in [4.69, 9.17) is 0 Å². The number of anilines is 1. The van der Waals surface area contributed by atoms with Crippen molar-refractivity contribution in [2.24, 2.45) is 5.92 Å². The Bertz CT molecular complexity index is 1380. The number of aromatic nitrogens is 1. The van der Waals surface area contributed by atoms with Gasteiger partial charge in [0.15, 0.2) is 0 Å². The molecular formula is C29H31F2N5O3. The summed E-state index contributed by atoms with van der Waals surface area (Å²) in [4.78, 5) is 42.9. The van der Waals surface area contributed by atoms with E-state index in [1.165, 1.54) is 15.9 Å². The lowest BCUT2D eigenvalue weighted by molar-refractivity contribution is -0.132. The van der Waals surface area contributed by atoms with Gasteiger partial charge in [0.25, 0.3) is 5.91 Å². The van der Waals surface area contributed by atoms with Gasteiger partial charge in [-0.2, -0.15) is 5.26 Å². The van der Waals surface area contributed by atoms with Crippen LogP contribution in [0, 0.1) is 28.9 Å². The van der Waals surface area contributed by atoms with Crippen molar-refractivity contribution in [1.82, 2.24) is 14.8 Å². The fraction of sp³-hybridized carbons (Fsp3) is 0.379. The summed E-state index contributed by atoms with van der Waals surface area (Å²) in [7, 11) is 0. The van der Waals surface area contributed by atoms with E-state index in [2.05, 4.69) is 16.4 Å². The molecule has 4 rings (SSSR count). The molecular weight excluding hydrogens is 504 g/mol. The molecule has 2 unspecified atom stereocenters. The van der Waals surface area contributed by atoms with Gasteiger partial charge in [-0.25, -0.2) is 8.78 Å². The number of hydrogen-bond acceptors (Lipinski definition) is 4. The molecule has 1 aliphatic rings. The molecule has 2 N–H and O–H groups in total. The third-order valence-electron chi connectivity index (χ3n) is 7.05. The maximum absolute atomic E-state index is 14.3. The Morgan fingerprint density at radius 3 is 2.67 bits per heavy atom. The molecule has 1 aromatic heterocycles. The maximum atomic E-state index is 14.3. The van der Waals surface area contributed by atoms with E-state index in [0.717, 1.165) is 42.6 Å². The van der Waals surface area contributed by atoms with Crippen LogP contribution >= 0.6 is 0 Å². The van der Waals surface area contributed by atoms with Gasteiger partial charge in [-0.05, 0) is 61.4 Å². The summed E-state index contributed by atoms with van der Waals surface area (Å²) in [5, 5.41) is 12.2. The zero-order valence-corrected chi connectivity index (χ0v) is 21.8. The first-order chi connectivity index (χ1) is 18.8. The van der Waals surface area contributed by atoms with Crippen molar-refractivity contribution in [2.45, 2.75) is 45.1 Å². The van der Waals surface area contributed by atoms with E-state index in [-0.39, 0.29) is 35.0 Å². The number of rotatable bonds is 11. The number of benzene rings is 2. The van der Waals surface area contributed by atoms with Crippen LogP contribution in [0.1, 0.15) is 48.7 Å². The van der Waals surface area contributed by atoms with Crippen molar-refractivity contribution in [3.05, 3.63) is 65.4 Å². The molecule has 1 fully saturated rings. The molecule has 0 bridgehead atoms. The molecule has 39 heavy (non-hydrogen) atoms. The van der Waals surface area contributed by atoms with Gasteiger partial charge in [0.1, 0.15) is 29.9 Å². The molecule has 8 nitrogen and oxygen atoms in total. The fourth-order valence-corrected chi connectivity index (χ4v) is 5.04. The number of halogens is 2. The molecule has 10 heteroatoms. The molecule has 1 aliphatic heterocycles. The first kappa shape index (κ1) is 27.8. The number of nitrogens with one attached hydrogen (secondary N) is 2. The summed E-state index contributed by atoms with van der Waals surface area (Å²) < 4.78 is 27.9. The smallest absolute Gasteiger partial charge is 0.270 e. The van der Waals surface area contributed by atoms with Gasteiger partial charge in [0.2, 0.25) is 12.3 Å². The van der Waals surface area contributed by atoms with Gasteiger partial charge in [-0.15, -0.1) is 0 Å². The molecule has 0 saturated carbocycles. The van der Waals surface area contributed by atoms with Crippen LogP contribution in [0.3, 0.4) is 0 Å². The standard InChI is InChI=1S/C29H31F2N5O3/c1-19-11-23(15-32)36(16-19)28(38)17-35(10-4-2-3-5-20-6-8-22(9-7-20)33-18-37)29(39)27-14-24-25(31)12-21(30)13-26(24)34-27/h6-9,12-14,18-19,23,34H,2-5,10-11,16-17H2,1H3,(H,33,37). The van der Waals surface area contributed by atoms with Crippen molar-refractivity contribution in [2.75, 3.05) is 25.0 Å². The summed E-state index contributed by atoms with van der Waals surface area (Å²) in [5.41, 5.74) is 2.07. The number of aromatic amines is 1. The van der Waals surface area contributed by atoms with Crippen LogP contribution in [0.15, 0.2) is 42.5 Å². The predicted octanol–water partition coefficient (Wildman–Crippen LogP) is 4.63. The average Bonchev–Trinajstić information content (AvgIpc) is 3.52. The van der Waals surface area contributed by atoms with E-state index < -0.39 is 23.6 Å². The van der Waals surface area contributed by atoms with E-state index in [1.807, 2.05) is 31.2 Å². The zero-order chi connectivity index (χ0) is 27.9. The SMILES string of the molecule is CC1CC(C#N)N(C(=O)CN(CCCCCc2ccc(NC=O)cc2)C(=O)c2cc3c(F)cc(F)cc3[nH]2)C1. The third-order valence-corrected chi connectivity index (χ3v) is 7.05. The Balaban J connectivity index is 1.42. The van der Waals surface area contributed by atoms with E-state index in [0.29, 0.717) is 32.3 Å². The van der Waals surface area contributed by atoms with Crippen molar-refractivity contribution in [3.8, 4) is 6.07 Å². The Hall–Kier alpha value is -4.26. The Kier molecular flexibility index (Phi) is 8.92. The topological polar surface area (TPSA) is 109 Å². The second kappa shape index (κ2) is 12.5. The largest absolute Gasteiger partial charge is 0.350 e. The second-order valence-electron chi connectivity index (χ2n) is 10.1. The highest BCUT2D eigenvalue weighted by Gasteiger charge is 2.34. The number of likely N-dealkylation sites (tertiary alicyclic amines) is 1. The minimum Gasteiger partial charge on any atom is -0.350 e. The van der Waals surface area contributed by atoms with Gasteiger partial charge in [0.05, 0.1) is 11.6 Å². The molecule has 3 aromatic rings. The first-order valence-corrected chi connectivity index (χ1v) is 13.0. The lowest BCUT2D eigenvalue weighted by atomic mass is 10.1. The number of nitriles is 1. The Morgan fingerprint density at radius 2 is 1.95 bits per heavy atom. The molecule has 2 aromatic carbocycles. The number of aryl methyl sites for hydroxylation is 1. The summed E-state index contributed by atoms with van der Waals surface area (Å²) >= 11 is 0. The van der Waals surface area contributed by atoms with E-state index in [1.54, 1.807) is 0 Å². The van der Waals surface area contributed by atoms with Crippen LogP contribution in [-0.2, 0) is 16.0 Å². The van der Waals surface area contributed by atoms with E-state index in [9.17, 15) is 28.4 Å². The van der Waals surface area contributed by atoms with Crippen LogP contribution in [-0.4, -0.2) is 58.7 Å². The Labute approximate surface area is 225 Å². The number of H-pyrrole nitrogens is 1. The van der Waals surface area contributed by atoms with Crippen molar-refractivity contribution in [1.29, 1.82) is 5.26 Å². The molecule has 3 amide bonds. The molecule has 0 spiro atoms. The number of carbonyl (C=O) groups excluding carboxylic acids is 3. The lowest BCUT2D eigenvalue weighted by Gasteiger charge is -2.26. The molecule has 1 saturated heterocycles. The van der Waals surface area contributed by atoms with Gasteiger partial charge in [-0.1, -0.05) is 25.5 Å². The number of carbonyl (C=O) groups is 3. The van der Waals surface area contributed by atoms with E-state index >= 15 is 0 Å². The summed E-state index contributed by atoms with van der Waals surface area (Å²) in [6.07, 6.45) is 4.31. The predicted molar refractivity (Wildman–Crippen MR) is 143 cm³/mol. The van der Waals surface area contributed by atoms with Crippen LogP contribution in [0.25, 0.3) is 10.9 Å². The molecule has 2 atom stereocenters. The third kappa shape index (κ3) is 6.79. The fourth-order valence-electron chi connectivity index (χ4n) is 5.04. The minimum atomic E-state index is -0.777. The molecule has 0 radical (unpaired) electrons. The molecule has 204 valence electrons. The lowest BCUT2D eigenvalue weighted by Crippen LogP contribution is -2.45. The van der Waals surface area contributed by atoms with Crippen LogP contribution < -0.4 is 5.32 Å². The number of amides is 3. The number of nitrogens with zero attached hydrogens (tertiary/aromatic N) is 3. The normalized spacial score (nSPS) is 16.7. The highest BCUT2D eigenvalue weighted by Crippen LogP contribution is 2.24. The average molecular weight is 536 g/mol. The second-order valence-corrected chi connectivity index (χ2v) is 10.1. The monoisotopic (exact) mass is 535 g/mol. The van der Waals surface area contributed by atoms with Gasteiger partial charge >= 0.3 is 0 Å². The van der Waals surface area contributed by atoms with Crippen molar-refractivity contribution < 1.29 is 23.2 Å². The maximum Gasteiger partial charge on any atom is 0.270 e. The van der Waals surface area contributed by atoms with Crippen molar-refractivity contribution in [3.63, 3.8) is 0 Å². The molecule has 0 aliphatic carbocycles. The number of hydrogen-bond donors (Lipinski definition) is 2. The summed E-state index contributed by atoms with van der Waals surface area (Å²) in [6.45, 7) is 2.52.